The Morgan fingerprint density at radius 2 is 1.65 bits per heavy atom. The molecule has 0 saturated heterocycles. The van der Waals surface area contributed by atoms with Crippen LogP contribution in [0.25, 0.3) is 0 Å². The average molecular weight is 356 g/mol. The molecule has 0 aliphatic heterocycles. The van der Waals surface area contributed by atoms with Crippen molar-refractivity contribution >= 4 is 17.8 Å². The van der Waals surface area contributed by atoms with Crippen molar-refractivity contribution in [2.24, 2.45) is 0 Å². The normalized spacial score (nSPS) is 11.3. The maximum Gasteiger partial charge on any atom is 0.338 e. The summed E-state index contributed by atoms with van der Waals surface area (Å²) in [6.45, 7) is 1.78. The highest BCUT2D eigenvalue weighted by molar-refractivity contribution is 5.96. The van der Waals surface area contributed by atoms with Gasteiger partial charge >= 0.3 is 5.97 Å². The number of esters is 1. The van der Waals surface area contributed by atoms with Gasteiger partial charge in [-0.1, -0.05) is 30.3 Å². The number of carbonyl (C=O) groups excluding carboxylic acids is 3. The van der Waals surface area contributed by atoms with E-state index in [1.807, 2.05) is 6.07 Å². The first-order chi connectivity index (χ1) is 12.5. The van der Waals surface area contributed by atoms with Crippen LogP contribution in [0.1, 0.15) is 33.2 Å². The predicted molar refractivity (Wildman–Crippen MR) is 94.1 cm³/mol. The van der Waals surface area contributed by atoms with Crippen LogP contribution >= 0.6 is 0 Å². The van der Waals surface area contributed by atoms with Crippen LogP contribution in [-0.4, -0.2) is 31.0 Å². The van der Waals surface area contributed by atoms with Crippen molar-refractivity contribution in [2.45, 2.75) is 19.6 Å². The number of benzene rings is 2. The molecule has 0 aliphatic rings. The van der Waals surface area contributed by atoms with E-state index in [1.54, 1.807) is 55.6 Å². The molecule has 0 aliphatic carbocycles. The maximum atomic E-state index is 12.1. The molecule has 0 saturated carbocycles. The van der Waals surface area contributed by atoms with Gasteiger partial charge in [0.05, 0.1) is 12.2 Å². The molecular weight excluding hydrogens is 336 g/mol. The summed E-state index contributed by atoms with van der Waals surface area (Å²) in [5.41, 5.74) is 6.03. The Morgan fingerprint density at radius 1 is 0.962 bits per heavy atom. The number of ether oxygens (including phenoxy) is 2. The largest absolute Gasteiger partial charge is 0.449 e. The molecule has 0 radical (unpaired) electrons. The van der Waals surface area contributed by atoms with Gasteiger partial charge in [0.25, 0.3) is 11.8 Å². The minimum Gasteiger partial charge on any atom is -0.449 e. The SMILES string of the molecule is COCc1cccc(C(=O)O[C@H](C)C(=O)NNC(=O)c2ccccc2)c1. The third-order valence-corrected chi connectivity index (χ3v) is 3.46. The van der Waals surface area contributed by atoms with Crippen LogP contribution in [0.2, 0.25) is 0 Å². The van der Waals surface area contributed by atoms with Crippen LogP contribution in [0.3, 0.4) is 0 Å². The quantitative estimate of drug-likeness (QED) is 0.608. The van der Waals surface area contributed by atoms with E-state index in [4.69, 9.17) is 9.47 Å². The lowest BCUT2D eigenvalue weighted by molar-refractivity contribution is -0.129. The van der Waals surface area contributed by atoms with E-state index in [9.17, 15) is 14.4 Å². The highest BCUT2D eigenvalue weighted by atomic mass is 16.5. The van der Waals surface area contributed by atoms with Gasteiger partial charge < -0.3 is 9.47 Å². The summed E-state index contributed by atoms with van der Waals surface area (Å²) in [5, 5.41) is 0. The molecule has 2 rings (SSSR count). The van der Waals surface area contributed by atoms with Crippen molar-refractivity contribution in [3.05, 3.63) is 71.3 Å². The zero-order chi connectivity index (χ0) is 18.9. The van der Waals surface area contributed by atoms with Crippen LogP contribution in [0.15, 0.2) is 54.6 Å². The Bertz CT molecular complexity index is 777. The summed E-state index contributed by atoms with van der Waals surface area (Å²) in [4.78, 5) is 36.0. The first-order valence-corrected chi connectivity index (χ1v) is 7.95. The first kappa shape index (κ1) is 19.1. The van der Waals surface area contributed by atoms with Gasteiger partial charge in [0.1, 0.15) is 0 Å². The monoisotopic (exact) mass is 356 g/mol. The molecular formula is C19H20N2O5. The second-order valence-corrected chi connectivity index (χ2v) is 5.49. The van der Waals surface area contributed by atoms with Crippen molar-refractivity contribution in [2.75, 3.05) is 7.11 Å². The molecule has 7 nitrogen and oxygen atoms in total. The first-order valence-electron chi connectivity index (χ1n) is 7.95. The van der Waals surface area contributed by atoms with Crippen LogP contribution in [0.4, 0.5) is 0 Å². The van der Waals surface area contributed by atoms with Crippen molar-refractivity contribution in [3.8, 4) is 0 Å². The average Bonchev–Trinajstić information content (AvgIpc) is 2.66. The highest BCUT2D eigenvalue weighted by Gasteiger charge is 2.19. The molecule has 0 fully saturated rings. The van der Waals surface area contributed by atoms with Crippen LogP contribution in [-0.2, 0) is 20.9 Å². The number of methoxy groups -OCH3 is 1. The minimum atomic E-state index is -1.08. The molecule has 2 aromatic rings. The Labute approximate surface area is 151 Å². The maximum absolute atomic E-state index is 12.1. The molecule has 26 heavy (non-hydrogen) atoms. The second-order valence-electron chi connectivity index (χ2n) is 5.49. The van der Waals surface area contributed by atoms with Crippen LogP contribution < -0.4 is 10.9 Å². The van der Waals surface area contributed by atoms with Gasteiger partial charge in [-0.3, -0.25) is 20.4 Å². The summed E-state index contributed by atoms with van der Waals surface area (Å²) >= 11 is 0. The molecule has 136 valence electrons. The number of nitrogens with one attached hydrogen (secondary N) is 2. The third kappa shape index (κ3) is 5.42. The molecule has 0 aromatic heterocycles. The van der Waals surface area contributed by atoms with Gasteiger partial charge in [-0.2, -0.15) is 0 Å². The lowest BCUT2D eigenvalue weighted by atomic mass is 10.1. The molecule has 2 aromatic carbocycles. The third-order valence-electron chi connectivity index (χ3n) is 3.46. The van der Waals surface area contributed by atoms with E-state index >= 15 is 0 Å². The van der Waals surface area contributed by atoms with E-state index in [-0.39, 0.29) is 0 Å². The highest BCUT2D eigenvalue weighted by Crippen LogP contribution is 2.09. The van der Waals surface area contributed by atoms with Crippen molar-refractivity contribution in [1.82, 2.24) is 10.9 Å². The van der Waals surface area contributed by atoms with Gasteiger partial charge in [0.2, 0.25) is 0 Å². The van der Waals surface area contributed by atoms with Gasteiger partial charge in [0.15, 0.2) is 6.10 Å². The smallest absolute Gasteiger partial charge is 0.338 e. The molecule has 2 N–H and O–H groups in total. The molecule has 7 heteroatoms. The van der Waals surface area contributed by atoms with E-state index in [0.717, 1.165) is 5.56 Å². The number of hydrogen-bond acceptors (Lipinski definition) is 5. The summed E-state index contributed by atoms with van der Waals surface area (Å²) in [6.07, 6.45) is -1.08. The van der Waals surface area contributed by atoms with E-state index in [0.29, 0.717) is 17.7 Å². The van der Waals surface area contributed by atoms with Crippen molar-refractivity contribution in [1.29, 1.82) is 0 Å². The fourth-order valence-electron chi connectivity index (χ4n) is 2.12. The number of hydrogen-bond donors (Lipinski definition) is 2. The molecule has 0 bridgehead atoms. The summed E-state index contributed by atoms with van der Waals surface area (Å²) in [7, 11) is 1.56. The predicted octanol–water partition coefficient (Wildman–Crippen LogP) is 1.84. The van der Waals surface area contributed by atoms with Gasteiger partial charge in [-0.25, -0.2) is 4.79 Å². The Morgan fingerprint density at radius 3 is 2.35 bits per heavy atom. The molecule has 0 heterocycles. The number of hydrazine groups is 1. The van der Waals surface area contributed by atoms with Crippen LogP contribution in [0, 0.1) is 0 Å². The van der Waals surface area contributed by atoms with Crippen LogP contribution in [0.5, 0.6) is 0 Å². The van der Waals surface area contributed by atoms with Gasteiger partial charge in [-0.05, 0) is 36.8 Å². The number of amides is 2. The molecule has 0 unspecified atom stereocenters. The summed E-state index contributed by atoms with van der Waals surface area (Å²) in [6, 6.07) is 15.1. The zero-order valence-corrected chi connectivity index (χ0v) is 14.5. The topological polar surface area (TPSA) is 93.7 Å². The molecule has 2 amide bonds. The van der Waals surface area contributed by atoms with E-state index in [2.05, 4.69) is 10.9 Å². The van der Waals surface area contributed by atoms with Gasteiger partial charge in [-0.15, -0.1) is 0 Å². The van der Waals surface area contributed by atoms with Crippen molar-refractivity contribution < 1.29 is 23.9 Å². The Kier molecular flexibility index (Phi) is 6.87. The zero-order valence-electron chi connectivity index (χ0n) is 14.5. The van der Waals surface area contributed by atoms with E-state index < -0.39 is 23.9 Å². The number of rotatable bonds is 6. The minimum absolute atomic E-state index is 0.313. The van der Waals surface area contributed by atoms with Gasteiger partial charge in [0, 0.05) is 12.7 Å². The Hall–Kier alpha value is -3.19. The lowest BCUT2D eigenvalue weighted by Crippen LogP contribution is -2.46. The van der Waals surface area contributed by atoms with Crippen molar-refractivity contribution in [3.63, 3.8) is 0 Å². The summed E-state index contributed by atoms with van der Waals surface area (Å²) < 4.78 is 10.1. The lowest BCUT2D eigenvalue weighted by Gasteiger charge is -2.14. The number of carbonyl (C=O) groups is 3. The molecule has 1 atom stereocenters. The molecule has 0 spiro atoms. The second kappa shape index (κ2) is 9.33. The van der Waals surface area contributed by atoms with E-state index in [1.165, 1.54) is 6.92 Å². The Balaban J connectivity index is 1.87. The standard InChI is InChI=1S/C19H20N2O5/c1-13(17(22)20-21-18(23)15-8-4-3-5-9-15)26-19(24)16-10-6-7-14(11-16)12-25-2/h3-11,13H,12H2,1-2H3,(H,20,22)(H,21,23)/t13-/m1/s1. The summed E-state index contributed by atoms with van der Waals surface area (Å²) in [5.74, 6) is -1.75. The fourth-order valence-corrected chi connectivity index (χ4v) is 2.12. The fraction of sp³-hybridized carbons (Fsp3) is 0.211.